The maximum atomic E-state index is 12.3. The molecule has 0 atom stereocenters. The lowest BCUT2D eigenvalue weighted by Crippen LogP contribution is -2.09. The van der Waals surface area contributed by atoms with E-state index in [0.717, 1.165) is 10.8 Å². The van der Waals surface area contributed by atoms with Gasteiger partial charge in [0.2, 0.25) is 0 Å². The van der Waals surface area contributed by atoms with Crippen LogP contribution < -0.4 is 4.74 Å². The highest BCUT2D eigenvalue weighted by atomic mass is 16.5. The number of esters is 2. The Labute approximate surface area is 133 Å². The van der Waals surface area contributed by atoms with Gasteiger partial charge in [0.15, 0.2) is 0 Å². The second-order valence-corrected chi connectivity index (χ2v) is 4.97. The van der Waals surface area contributed by atoms with Crippen LogP contribution in [0.4, 0.5) is 0 Å². The van der Waals surface area contributed by atoms with Gasteiger partial charge in [-0.05, 0) is 41.1 Å². The maximum Gasteiger partial charge on any atom is 0.343 e. The predicted octanol–water partition coefficient (Wildman–Crippen LogP) is 3.85. The van der Waals surface area contributed by atoms with E-state index in [1.54, 1.807) is 30.3 Å². The lowest BCUT2D eigenvalue weighted by Gasteiger charge is -2.07. The summed E-state index contributed by atoms with van der Waals surface area (Å²) >= 11 is 0. The smallest absolute Gasteiger partial charge is 0.343 e. The van der Waals surface area contributed by atoms with Crippen molar-refractivity contribution in [3.63, 3.8) is 0 Å². The number of fused-ring (bicyclic) bond motifs is 1. The summed E-state index contributed by atoms with van der Waals surface area (Å²) in [6, 6.07) is 19.5. The molecule has 0 saturated carbocycles. The van der Waals surface area contributed by atoms with Gasteiger partial charge in [-0.2, -0.15) is 0 Å². The maximum absolute atomic E-state index is 12.3. The van der Waals surface area contributed by atoms with Gasteiger partial charge in [-0.25, -0.2) is 9.59 Å². The van der Waals surface area contributed by atoms with Crippen LogP contribution in [-0.4, -0.2) is 19.0 Å². The van der Waals surface area contributed by atoms with Crippen LogP contribution in [0.15, 0.2) is 66.7 Å². The molecule has 0 aliphatic heterocycles. The molecule has 0 N–H and O–H groups in total. The van der Waals surface area contributed by atoms with Crippen molar-refractivity contribution in [2.24, 2.45) is 0 Å². The fourth-order valence-corrected chi connectivity index (χ4v) is 2.29. The Morgan fingerprint density at radius 2 is 1.48 bits per heavy atom. The molecule has 0 saturated heterocycles. The summed E-state index contributed by atoms with van der Waals surface area (Å²) < 4.78 is 9.99. The van der Waals surface area contributed by atoms with Gasteiger partial charge in [0.05, 0.1) is 18.2 Å². The molecule has 23 heavy (non-hydrogen) atoms. The van der Waals surface area contributed by atoms with Gasteiger partial charge in [-0.1, -0.05) is 36.4 Å². The van der Waals surface area contributed by atoms with Crippen molar-refractivity contribution in [3.8, 4) is 5.75 Å². The number of hydrogen-bond donors (Lipinski definition) is 0. The molecular formula is C19H14O4. The molecule has 3 aromatic rings. The number of hydrogen-bond acceptors (Lipinski definition) is 4. The van der Waals surface area contributed by atoms with Gasteiger partial charge in [0.1, 0.15) is 5.75 Å². The zero-order chi connectivity index (χ0) is 16.2. The minimum Gasteiger partial charge on any atom is -0.465 e. The third kappa shape index (κ3) is 3.21. The van der Waals surface area contributed by atoms with E-state index >= 15 is 0 Å². The van der Waals surface area contributed by atoms with Gasteiger partial charge >= 0.3 is 11.9 Å². The molecule has 0 bridgehead atoms. The van der Waals surface area contributed by atoms with Crippen LogP contribution >= 0.6 is 0 Å². The van der Waals surface area contributed by atoms with Crippen LogP contribution in [0.5, 0.6) is 5.75 Å². The van der Waals surface area contributed by atoms with Crippen LogP contribution in [0.2, 0.25) is 0 Å². The quantitative estimate of drug-likeness (QED) is 0.545. The van der Waals surface area contributed by atoms with Gasteiger partial charge < -0.3 is 9.47 Å². The molecule has 0 aliphatic carbocycles. The van der Waals surface area contributed by atoms with Crippen molar-refractivity contribution in [2.45, 2.75) is 0 Å². The summed E-state index contributed by atoms with van der Waals surface area (Å²) in [7, 11) is 1.30. The van der Waals surface area contributed by atoms with E-state index in [-0.39, 0.29) is 0 Å². The average Bonchev–Trinajstić information content (AvgIpc) is 2.60. The number of methoxy groups -OCH3 is 1. The summed E-state index contributed by atoms with van der Waals surface area (Å²) in [4.78, 5) is 23.8. The van der Waals surface area contributed by atoms with Gasteiger partial charge in [0, 0.05) is 0 Å². The van der Waals surface area contributed by atoms with Crippen molar-refractivity contribution in [1.82, 2.24) is 0 Å². The van der Waals surface area contributed by atoms with Crippen LogP contribution in [0.3, 0.4) is 0 Å². The number of benzene rings is 3. The van der Waals surface area contributed by atoms with Crippen molar-refractivity contribution in [2.75, 3.05) is 7.11 Å². The molecule has 0 amide bonds. The highest BCUT2D eigenvalue weighted by molar-refractivity contribution is 5.96. The van der Waals surface area contributed by atoms with Gasteiger partial charge in [-0.15, -0.1) is 0 Å². The predicted molar refractivity (Wildman–Crippen MR) is 86.7 cm³/mol. The summed E-state index contributed by atoms with van der Waals surface area (Å²) in [6.07, 6.45) is 0. The summed E-state index contributed by atoms with van der Waals surface area (Å²) in [6.45, 7) is 0. The second kappa shape index (κ2) is 6.32. The summed E-state index contributed by atoms with van der Waals surface area (Å²) in [5.74, 6) is -0.655. The normalized spacial score (nSPS) is 10.3. The van der Waals surface area contributed by atoms with Crippen LogP contribution in [0.1, 0.15) is 20.7 Å². The molecule has 0 heterocycles. The lowest BCUT2D eigenvalue weighted by atomic mass is 10.1. The largest absolute Gasteiger partial charge is 0.465 e. The van der Waals surface area contributed by atoms with Crippen molar-refractivity contribution in [1.29, 1.82) is 0 Å². The van der Waals surface area contributed by atoms with Crippen LogP contribution in [-0.2, 0) is 4.74 Å². The number of carbonyl (C=O) groups is 2. The molecule has 3 rings (SSSR count). The zero-order valence-corrected chi connectivity index (χ0v) is 12.5. The van der Waals surface area contributed by atoms with E-state index in [2.05, 4.69) is 4.74 Å². The highest BCUT2D eigenvalue weighted by Gasteiger charge is 2.11. The minimum absolute atomic E-state index is 0.297. The van der Waals surface area contributed by atoms with Crippen molar-refractivity contribution >= 4 is 22.7 Å². The fraction of sp³-hybridized carbons (Fsp3) is 0.0526. The first kappa shape index (κ1) is 14.8. The molecule has 3 aromatic carbocycles. The summed E-state index contributed by atoms with van der Waals surface area (Å²) in [5, 5.41) is 2.02. The monoisotopic (exact) mass is 306 g/mol. The average molecular weight is 306 g/mol. The molecular weight excluding hydrogens is 292 g/mol. The Balaban J connectivity index is 1.84. The standard InChI is InChI=1S/C19H14O4/c1-22-18(20)15-7-4-8-17(12-15)23-19(21)16-10-9-13-5-2-3-6-14(13)11-16/h2-12H,1H3. The Kier molecular flexibility index (Phi) is 4.06. The van der Waals surface area contributed by atoms with Crippen molar-refractivity contribution < 1.29 is 19.1 Å². The molecule has 0 spiro atoms. The lowest BCUT2D eigenvalue weighted by molar-refractivity contribution is 0.0597. The Bertz CT molecular complexity index is 883. The van der Waals surface area contributed by atoms with E-state index in [1.165, 1.54) is 13.2 Å². The van der Waals surface area contributed by atoms with E-state index in [1.807, 2.05) is 30.3 Å². The Morgan fingerprint density at radius 3 is 2.26 bits per heavy atom. The third-order valence-corrected chi connectivity index (χ3v) is 3.45. The fourth-order valence-electron chi connectivity index (χ4n) is 2.29. The van der Waals surface area contributed by atoms with E-state index < -0.39 is 11.9 Å². The second-order valence-electron chi connectivity index (χ2n) is 4.97. The number of carbonyl (C=O) groups excluding carboxylic acids is 2. The van der Waals surface area contributed by atoms with Gasteiger partial charge in [-0.3, -0.25) is 0 Å². The van der Waals surface area contributed by atoms with Crippen LogP contribution in [0.25, 0.3) is 10.8 Å². The molecule has 0 radical (unpaired) electrons. The summed E-state index contributed by atoms with van der Waals surface area (Å²) in [5.41, 5.74) is 0.781. The van der Waals surface area contributed by atoms with Crippen LogP contribution in [0, 0.1) is 0 Å². The topological polar surface area (TPSA) is 52.6 Å². The van der Waals surface area contributed by atoms with E-state index in [0.29, 0.717) is 16.9 Å². The Hall–Kier alpha value is -3.14. The third-order valence-electron chi connectivity index (χ3n) is 3.45. The number of ether oxygens (including phenoxy) is 2. The zero-order valence-electron chi connectivity index (χ0n) is 12.5. The first-order valence-corrected chi connectivity index (χ1v) is 7.07. The molecule has 4 nitrogen and oxygen atoms in total. The molecule has 0 aromatic heterocycles. The Morgan fingerprint density at radius 1 is 0.739 bits per heavy atom. The van der Waals surface area contributed by atoms with E-state index in [4.69, 9.17) is 4.74 Å². The molecule has 0 unspecified atom stereocenters. The molecule has 0 aliphatic rings. The number of rotatable bonds is 3. The van der Waals surface area contributed by atoms with Gasteiger partial charge in [0.25, 0.3) is 0 Å². The van der Waals surface area contributed by atoms with Crippen molar-refractivity contribution in [3.05, 3.63) is 77.9 Å². The molecule has 4 heteroatoms. The molecule has 0 fully saturated rings. The first-order chi connectivity index (χ1) is 11.2. The van der Waals surface area contributed by atoms with E-state index in [9.17, 15) is 9.59 Å². The molecule has 114 valence electrons. The first-order valence-electron chi connectivity index (χ1n) is 7.07. The SMILES string of the molecule is COC(=O)c1cccc(OC(=O)c2ccc3ccccc3c2)c1. The highest BCUT2D eigenvalue weighted by Crippen LogP contribution is 2.19. The minimum atomic E-state index is -0.478.